The fraction of sp³-hybridized carbons (Fsp3) is 0.381. The summed E-state index contributed by atoms with van der Waals surface area (Å²) < 4.78 is 5.71. The molecule has 2 unspecified atom stereocenters. The molecular formula is C21H20O2. The number of carbonyl (C=O) groups excluding carboxylic acids is 1. The van der Waals surface area contributed by atoms with Crippen molar-refractivity contribution in [2.24, 2.45) is 17.8 Å². The molecule has 6 atom stereocenters. The normalized spacial score (nSPS) is 37.7. The van der Waals surface area contributed by atoms with Gasteiger partial charge in [0.2, 0.25) is 0 Å². The van der Waals surface area contributed by atoms with Crippen LogP contribution in [0.25, 0.3) is 0 Å². The van der Waals surface area contributed by atoms with Crippen molar-refractivity contribution < 1.29 is 9.53 Å². The Bertz CT molecular complexity index is 724. The molecule has 2 aliphatic carbocycles. The molecule has 1 heterocycles. The minimum Gasteiger partial charge on any atom is -0.462 e. The highest BCUT2D eigenvalue weighted by Crippen LogP contribution is 2.64. The molecule has 23 heavy (non-hydrogen) atoms. The van der Waals surface area contributed by atoms with Crippen molar-refractivity contribution in [2.75, 3.05) is 0 Å². The van der Waals surface area contributed by atoms with Crippen molar-refractivity contribution in [3.63, 3.8) is 0 Å². The molecule has 2 heteroatoms. The van der Waals surface area contributed by atoms with Crippen LogP contribution in [-0.2, 0) is 9.53 Å². The Kier molecular flexibility index (Phi) is 2.88. The van der Waals surface area contributed by atoms with Gasteiger partial charge in [-0.05, 0) is 41.7 Å². The first-order valence-corrected chi connectivity index (χ1v) is 8.63. The number of benzene rings is 2. The van der Waals surface area contributed by atoms with E-state index in [1.165, 1.54) is 11.1 Å². The fourth-order valence-corrected chi connectivity index (χ4v) is 5.51. The zero-order valence-electron chi connectivity index (χ0n) is 13.0. The maximum absolute atomic E-state index is 12.7. The lowest BCUT2D eigenvalue weighted by Crippen LogP contribution is -2.34. The van der Waals surface area contributed by atoms with Gasteiger partial charge in [-0.3, -0.25) is 4.79 Å². The molecule has 5 rings (SSSR count). The zero-order valence-corrected chi connectivity index (χ0v) is 13.0. The van der Waals surface area contributed by atoms with Crippen LogP contribution in [0.4, 0.5) is 0 Å². The van der Waals surface area contributed by atoms with Crippen molar-refractivity contribution in [1.82, 2.24) is 0 Å². The maximum atomic E-state index is 12.7. The summed E-state index contributed by atoms with van der Waals surface area (Å²) in [5.74, 6) is 1.84. The molecule has 3 aliphatic rings. The molecule has 0 spiro atoms. The largest absolute Gasteiger partial charge is 0.462 e. The van der Waals surface area contributed by atoms with Gasteiger partial charge in [0.1, 0.15) is 6.10 Å². The maximum Gasteiger partial charge on any atom is 0.310 e. The molecule has 2 bridgehead atoms. The molecule has 2 saturated carbocycles. The smallest absolute Gasteiger partial charge is 0.310 e. The third kappa shape index (κ3) is 1.90. The van der Waals surface area contributed by atoms with Crippen LogP contribution in [0.2, 0.25) is 0 Å². The van der Waals surface area contributed by atoms with Crippen molar-refractivity contribution in [2.45, 2.75) is 30.8 Å². The van der Waals surface area contributed by atoms with E-state index in [1.807, 2.05) is 6.07 Å². The summed E-state index contributed by atoms with van der Waals surface area (Å²) in [6.45, 7) is 0. The summed E-state index contributed by atoms with van der Waals surface area (Å²) in [6.07, 6.45) is 2.26. The van der Waals surface area contributed by atoms with Crippen LogP contribution < -0.4 is 0 Å². The second-order valence-corrected chi connectivity index (χ2v) is 7.26. The Hall–Kier alpha value is -2.09. The van der Waals surface area contributed by atoms with Crippen molar-refractivity contribution >= 4 is 5.97 Å². The third-order valence-electron chi connectivity index (χ3n) is 6.24. The summed E-state index contributed by atoms with van der Waals surface area (Å²) in [5, 5.41) is 0. The highest BCUT2D eigenvalue weighted by molar-refractivity contribution is 5.77. The van der Waals surface area contributed by atoms with Gasteiger partial charge < -0.3 is 4.74 Å². The molecule has 0 aromatic heterocycles. The Morgan fingerprint density at radius 1 is 0.696 bits per heavy atom. The molecule has 2 nitrogen and oxygen atoms in total. The predicted molar refractivity (Wildman–Crippen MR) is 88.0 cm³/mol. The topological polar surface area (TPSA) is 26.3 Å². The predicted octanol–water partition coefficient (Wildman–Crippen LogP) is 4.14. The first kappa shape index (κ1) is 13.4. The molecular weight excluding hydrogens is 284 g/mol. The van der Waals surface area contributed by atoms with E-state index >= 15 is 0 Å². The average Bonchev–Trinajstić information content (AvgIpc) is 3.08. The number of carbonyl (C=O) groups is 1. The lowest BCUT2D eigenvalue weighted by Gasteiger charge is -2.32. The molecule has 0 N–H and O–H groups in total. The van der Waals surface area contributed by atoms with E-state index in [0.29, 0.717) is 17.8 Å². The standard InChI is InChI=1S/C21H20O2/c22-21-20-17-12-15(23-21)11-16(17)18(13-7-3-1-4-8-13)19(20)14-9-5-2-6-10-14/h1-10,15-20H,11-12H2/t15-,16?,17-,18-,19+,20?/m0/s1. The number of hydrogen-bond donors (Lipinski definition) is 0. The fourth-order valence-electron chi connectivity index (χ4n) is 5.51. The highest BCUT2D eigenvalue weighted by atomic mass is 16.5. The summed E-state index contributed by atoms with van der Waals surface area (Å²) in [7, 11) is 0. The van der Waals surface area contributed by atoms with Crippen molar-refractivity contribution in [3.8, 4) is 0 Å². The van der Waals surface area contributed by atoms with Crippen LogP contribution in [-0.4, -0.2) is 12.1 Å². The molecule has 3 fully saturated rings. The highest BCUT2D eigenvalue weighted by Gasteiger charge is 2.61. The van der Waals surface area contributed by atoms with Gasteiger partial charge in [-0.2, -0.15) is 0 Å². The number of rotatable bonds is 2. The van der Waals surface area contributed by atoms with E-state index in [0.717, 1.165) is 12.8 Å². The van der Waals surface area contributed by atoms with E-state index in [9.17, 15) is 4.79 Å². The Morgan fingerprint density at radius 2 is 1.22 bits per heavy atom. The molecule has 1 aliphatic heterocycles. The van der Waals surface area contributed by atoms with Gasteiger partial charge >= 0.3 is 5.97 Å². The first-order valence-electron chi connectivity index (χ1n) is 8.63. The quantitative estimate of drug-likeness (QED) is 0.780. The molecule has 2 aromatic carbocycles. The van der Waals surface area contributed by atoms with Gasteiger partial charge in [0.25, 0.3) is 0 Å². The number of esters is 1. The summed E-state index contributed by atoms with van der Waals surface area (Å²) in [5.41, 5.74) is 2.67. The van der Waals surface area contributed by atoms with Crippen LogP contribution in [0, 0.1) is 17.8 Å². The molecule has 116 valence electrons. The monoisotopic (exact) mass is 304 g/mol. The molecule has 1 saturated heterocycles. The van der Waals surface area contributed by atoms with Gasteiger partial charge in [-0.15, -0.1) is 0 Å². The van der Waals surface area contributed by atoms with E-state index < -0.39 is 0 Å². The average molecular weight is 304 g/mol. The van der Waals surface area contributed by atoms with Crippen LogP contribution in [0.3, 0.4) is 0 Å². The lowest BCUT2D eigenvalue weighted by molar-refractivity contribution is -0.160. The minimum absolute atomic E-state index is 0.0337. The van der Waals surface area contributed by atoms with Crippen molar-refractivity contribution in [1.29, 1.82) is 0 Å². The summed E-state index contributed by atoms with van der Waals surface area (Å²) in [6, 6.07) is 21.4. The zero-order chi connectivity index (χ0) is 15.4. The van der Waals surface area contributed by atoms with Crippen LogP contribution in [0.1, 0.15) is 35.8 Å². The van der Waals surface area contributed by atoms with Crippen LogP contribution in [0.15, 0.2) is 60.7 Å². The van der Waals surface area contributed by atoms with E-state index in [-0.39, 0.29) is 23.9 Å². The van der Waals surface area contributed by atoms with Crippen molar-refractivity contribution in [3.05, 3.63) is 71.8 Å². The third-order valence-corrected chi connectivity index (χ3v) is 6.24. The van der Waals surface area contributed by atoms with E-state index in [1.54, 1.807) is 0 Å². The molecule has 2 aromatic rings. The SMILES string of the molecule is O=C1O[C@H]2CC3[C@H](C2)C1[C@H](c1ccccc1)[C@H]3c1ccccc1. The van der Waals surface area contributed by atoms with Gasteiger partial charge in [0, 0.05) is 5.92 Å². The lowest BCUT2D eigenvalue weighted by atomic mass is 9.76. The van der Waals surface area contributed by atoms with E-state index in [4.69, 9.17) is 4.74 Å². The van der Waals surface area contributed by atoms with Gasteiger partial charge in [0.05, 0.1) is 5.92 Å². The van der Waals surface area contributed by atoms with E-state index in [2.05, 4.69) is 54.6 Å². The van der Waals surface area contributed by atoms with Crippen LogP contribution >= 0.6 is 0 Å². The number of fused-ring (bicyclic) bond motifs is 1. The Morgan fingerprint density at radius 3 is 1.83 bits per heavy atom. The van der Waals surface area contributed by atoms with Gasteiger partial charge in [-0.25, -0.2) is 0 Å². The molecule has 0 radical (unpaired) electrons. The van der Waals surface area contributed by atoms with Gasteiger partial charge in [-0.1, -0.05) is 60.7 Å². The van der Waals surface area contributed by atoms with Crippen LogP contribution in [0.5, 0.6) is 0 Å². The summed E-state index contributed by atoms with van der Waals surface area (Å²) in [4.78, 5) is 12.7. The Labute approximate surface area is 136 Å². The first-order chi connectivity index (χ1) is 11.3. The minimum atomic E-state index is 0.0337. The number of ether oxygens (including phenoxy) is 1. The second-order valence-electron chi connectivity index (χ2n) is 7.26. The molecule has 0 amide bonds. The number of hydrogen-bond acceptors (Lipinski definition) is 2. The van der Waals surface area contributed by atoms with Gasteiger partial charge in [0.15, 0.2) is 0 Å². The second kappa shape index (κ2) is 4.95. The Balaban J connectivity index is 1.66. The summed E-state index contributed by atoms with van der Waals surface area (Å²) >= 11 is 0.